The van der Waals surface area contributed by atoms with Crippen molar-refractivity contribution in [3.8, 4) is 0 Å². The first kappa shape index (κ1) is 16.6. The molecule has 1 fully saturated rings. The van der Waals surface area contributed by atoms with E-state index in [0.717, 1.165) is 35.3 Å². The van der Waals surface area contributed by atoms with Gasteiger partial charge in [0.1, 0.15) is 11.6 Å². The molecule has 0 aliphatic heterocycles. The van der Waals surface area contributed by atoms with Crippen LogP contribution in [0.1, 0.15) is 52.4 Å². The van der Waals surface area contributed by atoms with E-state index in [1.807, 2.05) is 25.4 Å². The van der Waals surface area contributed by atoms with E-state index in [0.29, 0.717) is 12.0 Å². The minimum absolute atomic E-state index is 0.220. The molecule has 1 saturated carbocycles. The van der Waals surface area contributed by atoms with Crippen LogP contribution in [0.5, 0.6) is 0 Å². The van der Waals surface area contributed by atoms with Gasteiger partial charge in [0.2, 0.25) is 0 Å². The third kappa shape index (κ3) is 3.32. The van der Waals surface area contributed by atoms with Gasteiger partial charge in [-0.25, -0.2) is 9.37 Å². The van der Waals surface area contributed by atoms with E-state index in [2.05, 4.69) is 30.3 Å². The van der Waals surface area contributed by atoms with E-state index in [1.165, 1.54) is 11.6 Å². The average molecular weight is 325 g/mol. The molecule has 0 saturated heterocycles. The van der Waals surface area contributed by atoms with Gasteiger partial charge in [-0.3, -0.25) is 4.99 Å². The SMILES string of the molecule is C\C=C(/C=N\C=C(/C)C(C)C)c1nc2ccc(F)cc2n1C1CC1. The summed E-state index contributed by atoms with van der Waals surface area (Å²) in [6.07, 6.45) is 8.00. The number of hydrogen-bond donors (Lipinski definition) is 0. The zero-order valence-electron chi connectivity index (χ0n) is 14.8. The van der Waals surface area contributed by atoms with Crippen LogP contribution < -0.4 is 0 Å². The largest absolute Gasteiger partial charge is 0.321 e. The number of rotatable bonds is 5. The molecule has 1 aliphatic carbocycles. The van der Waals surface area contributed by atoms with E-state index >= 15 is 0 Å². The van der Waals surface area contributed by atoms with Gasteiger partial charge in [-0.15, -0.1) is 0 Å². The number of nitrogens with zero attached hydrogens (tertiary/aromatic N) is 3. The Kier molecular flexibility index (Phi) is 4.65. The second-order valence-electron chi connectivity index (χ2n) is 6.72. The smallest absolute Gasteiger partial charge is 0.142 e. The fraction of sp³-hybridized carbons (Fsp3) is 0.400. The molecule has 3 rings (SSSR count). The second kappa shape index (κ2) is 6.71. The van der Waals surface area contributed by atoms with Gasteiger partial charge in [0.05, 0.1) is 11.0 Å². The summed E-state index contributed by atoms with van der Waals surface area (Å²) >= 11 is 0. The first-order valence-corrected chi connectivity index (χ1v) is 8.55. The Morgan fingerprint density at radius 2 is 2.12 bits per heavy atom. The van der Waals surface area contributed by atoms with Crippen LogP contribution in [0.4, 0.5) is 4.39 Å². The van der Waals surface area contributed by atoms with Crippen LogP contribution in [-0.2, 0) is 0 Å². The van der Waals surface area contributed by atoms with E-state index in [9.17, 15) is 4.39 Å². The van der Waals surface area contributed by atoms with Crippen LogP contribution in [-0.4, -0.2) is 15.8 Å². The summed E-state index contributed by atoms with van der Waals surface area (Å²) in [5, 5.41) is 0. The van der Waals surface area contributed by atoms with Crippen LogP contribution in [0.25, 0.3) is 16.6 Å². The number of aliphatic imine (C=N–C) groups is 1. The minimum Gasteiger partial charge on any atom is -0.321 e. The lowest BCUT2D eigenvalue weighted by Crippen LogP contribution is -2.02. The lowest BCUT2D eigenvalue weighted by molar-refractivity contribution is 0.628. The van der Waals surface area contributed by atoms with Gasteiger partial charge in [-0.05, 0) is 50.8 Å². The number of fused-ring (bicyclic) bond motifs is 1. The molecule has 1 aliphatic rings. The third-order valence-corrected chi connectivity index (χ3v) is 4.54. The number of benzene rings is 1. The van der Waals surface area contributed by atoms with Crippen molar-refractivity contribution in [1.29, 1.82) is 0 Å². The van der Waals surface area contributed by atoms with Crippen molar-refractivity contribution in [2.75, 3.05) is 0 Å². The van der Waals surface area contributed by atoms with Crippen molar-refractivity contribution in [3.05, 3.63) is 47.7 Å². The molecule has 0 radical (unpaired) electrons. The third-order valence-electron chi connectivity index (χ3n) is 4.54. The van der Waals surface area contributed by atoms with Crippen LogP contribution in [0.3, 0.4) is 0 Å². The maximum atomic E-state index is 13.7. The molecule has 4 heteroatoms. The summed E-state index contributed by atoms with van der Waals surface area (Å²) in [4.78, 5) is 9.20. The summed E-state index contributed by atoms with van der Waals surface area (Å²) in [5.41, 5.74) is 3.90. The summed E-state index contributed by atoms with van der Waals surface area (Å²) < 4.78 is 15.8. The first-order chi connectivity index (χ1) is 11.5. The van der Waals surface area contributed by atoms with Crippen LogP contribution in [0.2, 0.25) is 0 Å². The Labute approximate surface area is 142 Å². The minimum atomic E-state index is -0.220. The highest BCUT2D eigenvalue weighted by atomic mass is 19.1. The first-order valence-electron chi connectivity index (χ1n) is 8.55. The van der Waals surface area contributed by atoms with Crippen molar-refractivity contribution in [2.24, 2.45) is 10.9 Å². The topological polar surface area (TPSA) is 30.2 Å². The molecule has 0 N–H and O–H groups in total. The lowest BCUT2D eigenvalue weighted by Gasteiger charge is -2.08. The van der Waals surface area contributed by atoms with E-state index in [4.69, 9.17) is 4.98 Å². The summed E-state index contributed by atoms with van der Waals surface area (Å²) in [6, 6.07) is 5.22. The van der Waals surface area contributed by atoms with Gasteiger partial charge in [-0.1, -0.05) is 25.5 Å². The van der Waals surface area contributed by atoms with Crippen molar-refractivity contribution < 1.29 is 4.39 Å². The molecule has 3 nitrogen and oxygen atoms in total. The zero-order valence-corrected chi connectivity index (χ0v) is 14.8. The highest BCUT2D eigenvalue weighted by Crippen LogP contribution is 2.40. The number of aromatic nitrogens is 2. The Morgan fingerprint density at radius 3 is 2.75 bits per heavy atom. The fourth-order valence-electron chi connectivity index (χ4n) is 2.62. The van der Waals surface area contributed by atoms with Crippen molar-refractivity contribution in [3.63, 3.8) is 0 Å². The summed E-state index contributed by atoms with van der Waals surface area (Å²) in [5.74, 6) is 1.14. The molecular formula is C20H24FN3. The van der Waals surface area contributed by atoms with Gasteiger partial charge in [-0.2, -0.15) is 0 Å². The number of allylic oxidation sites excluding steroid dienone is 3. The quantitative estimate of drug-likeness (QED) is 0.663. The van der Waals surface area contributed by atoms with Gasteiger partial charge in [0, 0.05) is 24.0 Å². The molecule has 1 heterocycles. The Hall–Kier alpha value is -2.23. The average Bonchev–Trinajstić information content (AvgIpc) is 3.32. The second-order valence-corrected chi connectivity index (χ2v) is 6.72. The van der Waals surface area contributed by atoms with Gasteiger partial charge in [0.25, 0.3) is 0 Å². The Bertz CT molecular complexity index is 836. The molecule has 24 heavy (non-hydrogen) atoms. The number of hydrogen-bond acceptors (Lipinski definition) is 2. The van der Waals surface area contributed by atoms with Gasteiger partial charge in [0.15, 0.2) is 0 Å². The molecule has 126 valence electrons. The maximum absolute atomic E-state index is 13.7. The molecule has 0 amide bonds. The lowest BCUT2D eigenvalue weighted by atomic mass is 10.1. The summed E-state index contributed by atoms with van der Waals surface area (Å²) in [6.45, 7) is 8.37. The van der Waals surface area contributed by atoms with E-state index in [1.54, 1.807) is 12.1 Å². The van der Waals surface area contributed by atoms with Crippen LogP contribution in [0.15, 0.2) is 41.0 Å². The van der Waals surface area contributed by atoms with Crippen LogP contribution in [0, 0.1) is 11.7 Å². The zero-order chi connectivity index (χ0) is 17.3. The molecular weight excluding hydrogens is 301 g/mol. The van der Waals surface area contributed by atoms with Crippen molar-refractivity contribution >= 4 is 22.8 Å². The molecule has 0 atom stereocenters. The highest BCUT2D eigenvalue weighted by molar-refractivity contribution is 6.09. The molecule has 2 aromatic rings. The van der Waals surface area contributed by atoms with E-state index in [-0.39, 0.29) is 5.82 Å². The molecule has 0 spiro atoms. The number of halogens is 1. The fourth-order valence-corrected chi connectivity index (χ4v) is 2.62. The summed E-state index contributed by atoms with van der Waals surface area (Å²) in [7, 11) is 0. The van der Waals surface area contributed by atoms with Crippen LogP contribution >= 0.6 is 0 Å². The Balaban J connectivity index is 2.02. The predicted octanol–water partition coefficient (Wildman–Crippen LogP) is 5.54. The maximum Gasteiger partial charge on any atom is 0.142 e. The molecule has 1 aromatic carbocycles. The Morgan fingerprint density at radius 1 is 1.38 bits per heavy atom. The van der Waals surface area contributed by atoms with E-state index < -0.39 is 0 Å². The molecule has 1 aromatic heterocycles. The van der Waals surface area contributed by atoms with Gasteiger partial charge >= 0.3 is 0 Å². The van der Waals surface area contributed by atoms with Crippen molar-refractivity contribution in [1.82, 2.24) is 9.55 Å². The molecule has 0 bridgehead atoms. The molecule has 0 unspecified atom stereocenters. The van der Waals surface area contributed by atoms with Crippen molar-refractivity contribution in [2.45, 2.75) is 46.6 Å². The monoisotopic (exact) mass is 325 g/mol. The standard InChI is InChI=1S/C20H24FN3/c1-5-15(12-22-11-14(4)13(2)3)20-23-18-9-6-16(21)10-19(18)24(20)17-7-8-17/h5-6,9-13,17H,7-8H2,1-4H3/b14-11+,15-5+,22-12-. The predicted molar refractivity (Wildman–Crippen MR) is 98.7 cm³/mol. The highest BCUT2D eigenvalue weighted by Gasteiger charge is 2.29. The van der Waals surface area contributed by atoms with Gasteiger partial charge < -0.3 is 4.57 Å². The number of imidazole rings is 1. The normalized spacial score (nSPS) is 16.8.